The summed E-state index contributed by atoms with van der Waals surface area (Å²) >= 11 is 0. The highest BCUT2D eigenvalue weighted by atomic mass is 19.2. The average molecular weight is 481 g/mol. The van der Waals surface area contributed by atoms with E-state index in [0.29, 0.717) is 24.4 Å². The number of hydrogen-bond donors (Lipinski definition) is 1. The molecule has 0 bridgehead atoms. The van der Waals surface area contributed by atoms with Gasteiger partial charge in [-0.2, -0.15) is 8.78 Å². The molecule has 2 rings (SSSR count). The Labute approximate surface area is 188 Å². The fraction of sp³-hybridized carbons (Fsp3) is 0.636. The molecule has 186 valence electrons. The normalized spacial score (nSPS) is 19.3. The van der Waals surface area contributed by atoms with Gasteiger partial charge in [0.2, 0.25) is 34.8 Å². The molecule has 1 aliphatic rings. The van der Waals surface area contributed by atoms with E-state index in [0.717, 1.165) is 25.7 Å². The molecule has 0 heterocycles. The Hall–Kier alpha value is -2.43. The van der Waals surface area contributed by atoms with Crippen molar-refractivity contribution in [2.45, 2.75) is 46.0 Å². The van der Waals surface area contributed by atoms with Crippen LogP contribution < -0.4 is 10.1 Å². The van der Waals surface area contributed by atoms with Gasteiger partial charge in [0.1, 0.15) is 0 Å². The van der Waals surface area contributed by atoms with E-state index in [-0.39, 0.29) is 19.8 Å². The maximum atomic E-state index is 13.5. The van der Waals surface area contributed by atoms with E-state index in [4.69, 9.17) is 9.47 Å². The van der Waals surface area contributed by atoms with Gasteiger partial charge in [-0.15, -0.1) is 0 Å². The number of hydrogen-bond acceptors (Lipinski definition) is 5. The minimum absolute atomic E-state index is 0.00521. The number of carbonyl (C=O) groups is 2. The number of rotatable bonds is 13. The van der Waals surface area contributed by atoms with Crippen molar-refractivity contribution >= 4 is 12.1 Å². The van der Waals surface area contributed by atoms with E-state index in [1.165, 1.54) is 0 Å². The number of benzene rings is 1. The number of esters is 1. The van der Waals surface area contributed by atoms with Crippen molar-refractivity contribution in [2.24, 2.45) is 17.8 Å². The summed E-state index contributed by atoms with van der Waals surface area (Å²) in [5.41, 5.74) is 0. The van der Waals surface area contributed by atoms with Gasteiger partial charge in [-0.05, 0) is 17.8 Å². The number of alkyl carbamates (subject to hydrolysis) is 1. The van der Waals surface area contributed by atoms with E-state index < -0.39 is 53.3 Å². The molecule has 1 aromatic carbocycles. The van der Waals surface area contributed by atoms with Gasteiger partial charge in [0.15, 0.2) is 0 Å². The van der Waals surface area contributed by atoms with Gasteiger partial charge in [-0.25, -0.2) is 18.0 Å². The zero-order chi connectivity index (χ0) is 24.5. The van der Waals surface area contributed by atoms with Crippen molar-refractivity contribution < 1.29 is 45.8 Å². The molecule has 1 N–H and O–H groups in total. The van der Waals surface area contributed by atoms with Crippen LogP contribution in [0.15, 0.2) is 0 Å². The van der Waals surface area contributed by atoms with Crippen LogP contribution in [0, 0.1) is 46.8 Å². The predicted octanol–water partition coefficient (Wildman–Crippen LogP) is 4.88. The van der Waals surface area contributed by atoms with Crippen LogP contribution in [0.5, 0.6) is 5.75 Å². The van der Waals surface area contributed by atoms with Crippen molar-refractivity contribution in [3.05, 3.63) is 29.1 Å². The van der Waals surface area contributed by atoms with E-state index in [1.807, 2.05) is 0 Å². The van der Waals surface area contributed by atoms with E-state index in [2.05, 4.69) is 23.9 Å². The summed E-state index contributed by atoms with van der Waals surface area (Å²) in [6.45, 7) is 4.46. The van der Waals surface area contributed by atoms with Crippen LogP contribution in [0.3, 0.4) is 0 Å². The smallest absolute Gasteiger partial charge is 0.407 e. The fourth-order valence-corrected chi connectivity index (χ4v) is 3.84. The van der Waals surface area contributed by atoms with Crippen molar-refractivity contribution in [3.63, 3.8) is 0 Å². The average Bonchev–Trinajstić information content (AvgIpc) is 3.45. The quantitative estimate of drug-likeness (QED) is 0.109. The maximum absolute atomic E-state index is 13.5. The Balaban J connectivity index is 1.61. The molecule has 33 heavy (non-hydrogen) atoms. The van der Waals surface area contributed by atoms with Crippen LogP contribution in [0.25, 0.3) is 0 Å². The third-order valence-corrected chi connectivity index (χ3v) is 5.51. The third-order valence-electron chi connectivity index (χ3n) is 5.51. The Morgan fingerprint density at radius 2 is 1.36 bits per heavy atom. The molecule has 0 aliphatic heterocycles. The molecule has 1 saturated carbocycles. The van der Waals surface area contributed by atoms with E-state index in [1.54, 1.807) is 0 Å². The zero-order valence-electron chi connectivity index (χ0n) is 18.5. The molecule has 1 amide bonds. The summed E-state index contributed by atoms with van der Waals surface area (Å²) in [5.74, 6) is -12.6. The highest BCUT2D eigenvalue weighted by molar-refractivity contribution is 5.72. The number of amides is 1. The van der Waals surface area contributed by atoms with Crippen LogP contribution >= 0.6 is 0 Å². The minimum Gasteiger partial charge on any atom is -0.449 e. The highest BCUT2D eigenvalue weighted by Crippen LogP contribution is 2.51. The van der Waals surface area contributed by atoms with Crippen molar-refractivity contribution in [1.82, 2.24) is 5.32 Å². The lowest BCUT2D eigenvalue weighted by Gasteiger charge is -2.09. The molecular formula is C22H28F5NO5. The van der Waals surface area contributed by atoms with Gasteiger partial charge in [0.25, 0.3) is 0 Å². The van der Waals surface area contributed by atoms with Crippen molar-refractivity contribution in [1.29, 1.82) is 0 Å². The Morgan fingerprint density at radius 1 is 0.818 bits per heavy atom. The van der Waals surface area contributed by atoms with Crippen molar-refractivity contribution in [2.75, 3.05) is 26.4 Å². The third kappa shape index (κ3) is 7.28. The molecule has 11 heteroatoms. The van der Waals surface area contributed by atoms with Crippen LogP contribution in [0.2, 0.25) is 0 Å². The number of nitrogens with one attached hydrogen (secondary N) is 1. The first kappa shape index (κ1) is 26.8. The lowest BCUT2D eigenvalue weighted by Crippen LogP contribution is -2.29. The molecule has 0 aromatic heterocycles. The molecule has 2 atom stereocenters. The van der Waals surface area contributed by atoms with Crippen molar-refractivity contribution in [3.8, 4) is 5.75 Å². The standard InChI is InChI=1S/C22H28F5NO5/c1-3-5-12-13(6-4-2)14(12)11-32-22(30)28-8-10-31-9-7-15(29)33-21-19(26)17(24)16(23)18(25)20(21)27/h12-14H,3-11H2,1-2H3,(H,28,30). The Bertz CT molecular complexity index is 797. The topological polar surface area (TPSA) is 73.9 Å². The second-order valence-corrected chi connectivity index (χ2v) is 7.83. The molecule has 0 saturated heterocycles. The summed E-state index contributed by atoms with van der Waals surface area (Å²) in [6, 6.07) is 0. The van der Waals surface area contributed by atoms with Gasteiger partial charge in [-0.1, -0.05) is 39.5 Å². The molecule has 1 fully saturated rings. The Morgan fingerprint density at radius 3 is 1.91 bits per heavy atom. The highest BCUT2D eigenvalue weighted by Gasteiger charge is 2.48. The second kappa shape index (κ2) is 12.7. The van der Waals surface area contributed by atoms with Crippen LogP contribution in [-0.2, 0) is 14.3 Å². The summed E-state index contributed by atoms with van der Waals surface area (Å²) in [7, 11) is 0. The summed E-state index contributed by atoms with van der Waals surface area (Å²) in [5, 5.41) is 2.50. The number of ether oxygens (including phenoxy) is 3. The number of halogens is 5. The second-order valence-electron chi connectivity index (χ2n) is 7.83. The molecule has 0 spiro atoms. The van der Waals surface area contributed by atoms with E-state index in [9.17, 15) is 31.5 Å². The molecule has 1 aliphatic carbocycles. The Kier molecular flexibility index (Phi) is 10.3. The largest absolute Gasteiger partial charge is 0.449 e. The minimum atomic E-state index is -2.35. The fourth-order valence-electron chi connectivity index (χ4n) is 3.84. The zero-order valence-corrected chi connectivity index (χ0v) is 18.5. The lowest BCUT2D eigenvalue weighted by molar-refractivity contribution is -0.136. The van der Waals surface area contributed by atoms with Gasteiger partial charge in [0.05, 0.1) is 26.2 Å². The first-order valence-electron chi connectivity index (χ1n) is 10.9. The van der Waals surface area contributed by atoms with Crippen LogP contribution in [0.4, 0.5) is 26.7 Å². The summed E-state index contributed by atoms with van der Waals surface area (Å²) in [4.78, 5) is 23.4. The van der Waals surface area contributed by atoms with Crippen LogP contribution in [-0.4, -0.2) is 38.4 Å². The SMILES string of the molecule is CCCC1C(CCC)C1COC(=O)NCCOCCC(=O)Oc1c(F)c(F)c(F)c(F)c1F. The first-order valence-corrected chi connectivity index (χ1v) is 10.9. The van der Waals surface area contributed by atoms with Gasteiger partial charge >= 0.3 is 12.1 Å². The van der Waals surface area contributed by atoms with Gasteiger partial charge in [-0.3, -0.25) is 4.79 Å². The molecular weight excluding hydrogens is 453 g/mol. The van der Waals surface area contributed by atoms with Gasteiger partial charge in [0, 0.05) is 6.54 Å². The molecule has 1 aromatic rings. The lowest BCUT2D eigenvalue weighted by atomic mass is 10.1. The molecule has 2 unspecified atom stereocenters. The molecule has 0 radical (unpaired) electrons. The predicted molar refractivity (Wildman–Crippen MR) is 107 cm³/mol. The summed E-state index contributed by atoms with van der Waals surface area (Å²) < 4.78 is 80.7. The summed E-state index contributed by atoms with van der Waals surface area (Å²) in [6.07, 6.45) is 3.35. The first-order chi connectivity index (χ1) is 15.7. The van der Waals surface area contributed by atoms with E-state index >= 15 is 0 Å². The monoisotopic (exact) mass is 481 g/mol. The number of carbonyl (C=O) groups excluding carboxylic acids is 2. The van der Waals surface area contributed by atoms with Crippen LogP contribution in [0.1, 0.15) is 46.0 Å². The molecule has 6 nitrogen and oxygen atoms in total. The van der Waals surface area contributed by atoms with Gasteiger partial charge < -0.3 is 19.5 Å². The maximum Gasteiger partial charge on any atom is 0.407 e.